The van der Waals surface area contributed by atoms with E-state index in [0.717, 1.165) is 42.0 Å². The second kappa shape index (κ2) is 6.18. The number of aryl methyl sites for hydroxylation is 1. The van der Waals surface area contributed by atoms with Gasteiger partial charge >= 0.3 is 0 Å². The van der Waals surface area contributed by atoms with Crippen LogP contribution in [-0.2, 0) is 0 Å². The second-order valence-electron chi connectivity index (χ2n) is 4.64. The molecule has 0 fully saturated rings. The Balaban J connectivity index is 2.10. The quantitative estimate of drug-likeness (QED) is 0.634. The first-order chi connectivity index (χ1) is 9.19. The fourth-order valence-corrected chi connectivity index (χ4v) is 1.86. The lowest BCUT2D eigenvalue weighted by atomic mass is 10.1. The van der Waals surface area contributed by atoms with Crippen molar-refractivity contribution in [3.05, 3.63) is 36.3 Å². The van der Waals surface area contributed by atoms with Gasteiger partial charge < -0.3 is 10.7 Å². The van der Waals surface area contributed by atoms with Gasteiger partial charge in [-0.25, -0.2) is 9.98 Å². The zero-order valence-corrected chi connectivity index (χ0v) is 11.5. The number of aromatic nitrogens is 2. The van der Waals surface area contributed by atoms with E-state index in [1.54, 1.807) is 0 Å². The summed E-state index contributed by atoms with van der Waals surface area (Å²) >= 11 is 0. The Bertz CT molecular complexity index is 552. The molecule has 0 bridgehead atoms. The molecule has 100 valence electrons. The molecule has 0 unspecified atom stereocenters. The third kappa shape index (κ3) is 3.68. The molecule has 0 aliphatic heterocycles. The van der Waals surface area contributed by atoms with Gasteiger partial charge in [-0.3, -0.25) is 0 Å². The average Bonchev–Trinajstić information content (AvgIpc) is 2.84. The number of aliphatic imine (C=N–C) groups is 1. The summed E-state index contributed by atoms with van der Waals surface area (Å²) in [6.45, 7) is 4.09. The number of nitrogens with one attached hydrogen (secondary N) is 1. The van der Waals surface area contributed by atoms with Gasteiger partial charge in [0.1, 0.15) is 5.82 Å². The van der Waals surface area contributed by atoms with E-state index in [1.807, 2.05) is 37.4 Å². The molecule has 4 nitrogen and oxygen atoms in total. The largest absolute Gasteiger partial charge is 0.387 e. The second-order valence-corrected chi connectivity index (χ2v) is 4.64. The molecule has 2 aromatic rings. The number of imidazole rings is 1. The van der Waals surface area contributed by atoms with Crippen LogP contribution in [0.4, 0.5) is 5.69 Å². The monoisotopic (exact) mass is 256 g/mol. The number of hydrogen-bond acceptors (Lipinski definition) is 2. The van der Waals surface area contributed by atoms with Crippen molar-refractivity contribution in [1.29, 1.82) is 0 Å². The minimum absolute atomic E-state index is 0.701. The average molecular weight is 256 g/mol. The van der Waals surface area contributed by atoms with E-state index in [9.17, 15) is 0 Å². The molecule has 0 saturated heterocycles. The lowest BCUT2D eigenvalue weighted by Gasteiger charge is -2.01. The van der Waals surface area contributed by atoms with E-state index in [-0.39, 0.29) is 0 Å². The first-order valence-corrected chi connectivity index (χ1v) is 6.64. The number of unbranched alkanes of at least 4 members (excludes halogenated alkanes) is 1. The molecule has 1 aromatic heterocycles. The van der Waals surface area contributed by atoms with Gasteiger partial charge in [-0.05, 0) is 31.0 Å². The molecule has 0 amide bonds. The van der Waals surface area contributed by atoms with E-state index in [0.29, 0.717) is 5.84 Å². The summed E-state index contributed by atoms with van der Waals surface area (Å²) < 4.78 is 0. The van der Waals surface area contributed by atoms with Gasteiger partial charge in [-0.2, -0.15) is 0 Å². The Hall–Kier alpha value is -2.10. The van der Waals surface area contributed by atoms with E-state index < -0.39 is 0 Å². The van der Waals surface area contributed by atoms with Crippen LogP contribution in [0.25, 0.3) is 11.3 Å². The van der Waals surface area contributed by atoms with Crippen molar-refractivity contribution in [1.82, 2.24) is 9.97 Å². The number of benzene rings is 1. The predicted molar refractivity (Wildman–Crippen MR) is 79.6 cm³/mol. The van der Waals surface area contributed by atoms with E-state index in [2.05, 4.69) is 21.9 Å². The Kier molecular flexibility index (Phi) is 4.34. The number of nitrogens with two attached hydrogens (primary N) is 1. The summed E-state index contributed by atoms with van der Waals surface area (Å²) in [5.74, 6) is 1.62. The third-order valence-corrected chi connectivity index (χ3v) is 2.94. The van der Waals surface area contributed by atoms with Gasteiger partial charge in [-0.1, -0.05) is 25.5 Å². The topological polar surface area (TPSA) is 67.1 Å². The highest BCUT2D eigenvalue weighted by Gasteiger charge is 2.01. The SMILES string of the molecule is CCCCC(N)=Nc1ccc(-c2cnc(C)[nH]2)cc1. The normalized spacial score (nSPS) is 11.8. The van der Waals surface area contributed by atoms with Crippen LogP contribution in [0, 0.1) is 6.92 Å². The van der Waals surface area contributed by atoms with Crippen molar-refractivity contribution in [3.63, 3.8) is 0 Å². The molecular formula is C15H20N4. The Labute approximate surface area is 113 Å². The molecule has 0 aliphatic carbocycles. The standard InChI is InChI=1S/C15H20N4/c1-3-4-5-15(16)19-13-8-6-12(7-9-13)14-10-17-11(2)18-14/h6-10H,3-5H2,1-2H3,(H2,16,19)(H,17,18). The molecule has 19 heavy (non-hydrogen) atoms. The number of nitrogens with zero attached hydrogens (tertiary/aromatic N) is 2. The van der Waals surface area contributed by atoms with Crippen molar-refractivity contribution in [2.45, 2.75) is 33.1 Å². The number of aromatic amines is 1. The van der Waals surface area contributed by atoms with E-state index in [1.165, 1.54) is 0 Å². The summed E-state index contributed by atoms with van der Waals surface area (Å²) in [4.78, 5) is 11.8. The predicted octanol–water partition coefficient (Wildman–Crippen LogP) is 3.56. The molecule has 1 aromatic carbocycles. The highest BCUT2D eigenvalue weighted by atomic mass is 14.9. The molecule has 4 heteroatoms. The van der Waals surface area contributed by atoms with E-state index >= 15 is 0 Å². The van der Waals surface area contributed by atoms with Gasteiger partial charge in [0.15, 0.2) is 0 Å². The van der Waals surface area contributed by atoms with Crippen LogP contribution in [0.1, 0.15) is 32.0 Å². The van der Waals surface area contributed by atoms with Gasteiger partial charge in [0.05, 0.1) is 23.4 Å². The first-order valence-electron chi connectivity index (χ1n) is 6.64. The van der Waals surface area contributed by atoms with Crippen LogP contribution in [0.2, 0.25) is 0 Å². The maximum atomic E-state index is 5.88. The number of hydrogen-bond donors (Lipinski definition) is 2. The summed E-state index contributed by atoms with van der Waals surface area (Å²) in [5, 5.41) is 0. The highest BCUT2D eigenvalue weighted by Crippen LogP contribution is 2.21. The van der Waals surface area contributed by atoms with Crippen LogP contribution in [0.5, 0.6) is 0 Å². The van der Waals surface area contributed by atoms with Crippen molar-refractivity contribution >= 4 is 11.5 Å². The summed E-state index contributed by atoms with van der Waals surface area (Å²) in [7, 11) is 0. The fourth-order valence-electron chi connectivity index (χ4n) is 1.86. The van der Waals surface area contributed by atoms with Crippen molar-refractivity contribution < 1.29 is 0 Å². The summed E-state index contributed by atoms with van der Waals surface area (Å²) in [5.41, 5.74) is 8.90. The lowest BCUT2D eigenvalue weighted by Crippen LogP contribution is -2.10. The highest BCUT2D eigenvalue weighted by molar-refractivity contribution is 5.83. The van der Waals surface area contributed by atoms with Crippen LogP contribution in [0.15, 0.2) is 35.5 Å². The van der Waals surface area contributed by atoms with Crippen molar-refractivity contribution in [3.8, 4) is 11.3 Å². The maximum absolute atomic E-state index is 5.88. The van der Waals surface area contributed by atoms with Gasteiger partial charge in [0.25, 0.3) is 0 Å². The van der Waals surface area contributed by atoms with E-state index in [4.69, 9.17) is 5.73 Å². The molecule has 0 aliphatic rings. The van der Waals surface area contributed by atoms with Gasteiger partial charge in [0, 0.05) is 6.42 Å². The molecule has 1 heterocycles. The van der Waals surface area contributed by atoms with Gasteiger partial charge in [0.2, 0.25) is 0 Å². The summed E-state index contributed by atoms with van der Waals surface area (Å²) in [6.07, 6.45) is 4.91. The lowest BCUT2D eigenvalue weighted by molar-refractivity contribution is 0.831. The van der Waals surface area contributed by atoms with Crippen molar-refractivity contribution in [2.75, 3.05) is 0 Å². The maximum Gasteiger partial charge on any atom is 0.103 e. The molecule has 0 saturated carbocycles. The van der Waals surface area contributed by atoms with Crippen LogP contribution in [-0.4, -0.2) is 15.8 Å². The smallest absolute Gasteiger partial charge is 0.103 e. The molecular weight excluding hydrogens is 236 g/mol. The Morgan fingerprint density at radius 2 is 2.05 bits per heavy atom. The number of rotatable bonds is 5. The fraction of sp³-hybridized carbons (Fsp3) is 0.333. The molecule has 0 atom stereocenters. The minimum Gasteiger partial charge on any atom is -0.387 e. The Morgan fingerprint density at radius 3 is 2.63 bits per heavy atom. The van der Waals surface area contributed by atoms with Crippen LogP contribution in [0.3, 0.4) is 0 Å². The molecule has 3 N–H and O–H groups in total. The third-order valence-electron chi connectivity index (χ3n) is 2.94. The molecule has 0 spiro atoms. The molecule has 0 radical (unpaired) electrons. The molecule has 2 rings (SSSR count). The first kappa shape index (κ1) is 13.3. The summed E-state index contributed by atoms with van der Waals surface area (Å²) in [6, 6.07) is 8.01. The number of amidine groups is 1. The Morgan fingerprint density at radius 1 is 1.32 bits per heavy atom. The number of H-pyrrole nitrogens is 1. The van der Waals surface area contributed by atoms with Crippen molar-refractivity contribution in [2.24, 2.45) is 10.7 Å². The van der Waals surface area contributed by atoms with Crippen LogP contribution >= 0.6 is 0 Å². The van der Waals surface area contributed by atoms with Gasteiger partial charge in [-0.15, -0.1) is 0 Å². The zero-order chi connectivity index (χ0) is 13.7. The zero-order valence-electron chi connectivity index (χ0n) is 11.5. The minimum atomic E-state index is 0.701. The van der Waals surface area contributed by atoms with Crippen LogP contribution < -0.4 is 5.73 Å².